The number of rotatable bonds is 6. The Morgan fingerprint density at radius 1 is 1.26 bits per heavy atom. The molecule has 0 aromatic heterocycles. The molecule has 2 fully saturated rings. The quantitative estimate of drug-likeness (QED) is 0.379. The number of piperazine rings is 1. The van der Waals surface area contributed by atoms with Gasteiger partial charge in [-0.15, -0.1) is 0 Å². The maximum absolute atomic E-state index is 14.0. The van der Waals surface area contributed by atoms with Crippen LogP contribution in [-0.2, 0) is 4.74 Å². The molecule has 0 spiro atoms. The van der Waals surface area contributed by atoms with Gasteiger partial charge in [0.05, 0.1) is 6.54 Å². The van der Waals surface area contributed by atoms with E-state index in [4.69, 9.17) is 9.73 Å². The lowest BCUT2D eigenvalue weighted by atomic mass is 9.74. The molecule has 39 heavy (non-hydrogen) atoms. The summed E-state index contributed by atoms with van der Waals surface area (Å²) in [5.41, 5.74) is 7.10. The molecular weight excluding hydrogens is 489 g/mol. The lowest BCUT2D eigenvalue weighted by Gasteiger charge is -2.44. The minimum Gasteiger partial charge on any atom is -0.444 e. The van der Waals surface area contributed by atoms with Crippen LogP contribution in [0.15, 0.2) is 70.4 Å². The average Bonchev–Trinajstić information content (AvgIpc) is 2.98. The van der Waals surface area contributed by atoms with Gasteiger partial charge < -0.3 is 14.5 Å². The summed E-state index contributed by atoms with van der Waals surface area (Å²) >= 11 is 0. The van der Waals surface area contributed by atoms with Crippen molar-refractivity contribution in [3.63, 3.8) is 0 Å². The van der Waals surface area contributed by atoms with Crippen LogP contribution in [0.1, 0.15) is 72.8 Å². The Balaban J connectivity index is 1.71. The largest absolute Gasteiger partial charge is 0.444 e. The molecule has 5 nitrogen and oxygen atoms in total. The summed E-state index contributed by atoms with van der Waals surface area (Å²) in [5.74, 6) is 0.252. The van der Waals surface area contributed by atoms with Gasteiger partial charge in [-0.25, -0.2) is 9.18 Å². The van der Waals surface area contributed by atoms with Gasteiger partial charge in [0.1, 0.15) is 11.4 Å². The minimum absolute atomic E-state index is 0.102. The van der Waals surface area contributed by atoms with E-state index < -0.39 is 5.60 Å². The van der Waals surface area contributed by atoms with Crippen molar-refractivity contribution in [2.75, 3.05) is 26.2 Å². The van der Waals surface area contributed by atoms with Crippen LogP contribution in [0.2, 0.25) is 0 Å². The molecule has 0 N–H and O–H groups in total. The number of benzene rings is 1. The van der Waals surface area contributed by atoms with Gasteiger partial charge in [0.2, 0.25) is 0 Å². The molecule has 6 heteroatoms. The van der Waals surface area contributed by atoms with Gasteiger partial charge in [0, 0.05) is 49.1 Å². The fourth-order valence-electron chi connectivity index (χ4n) is 5.72. The Bertz CT molecular complexity index is 1230. The van der Waals surface area contributed by atoms with Crippen LogP contribution in [-0.4, -0.2) is 59.4 Å². The molecule has 210 valence electrons. The van der Waals surface area contributed by atoms with Crippen molar-refractivity contribution in [1.29, 1.82) is 0 Å². The fraction of sp³-hybridized carbons (Fsp3) is 0.515. The highest BCUT2D eigenvalue weighted by Crippen LogP contribution is 2.42. The van der Waals surface area contributed by atoms with Crippen LogP contribution in [0, 0.1) is 11.7 Å². The minimum atomic E-state index is -0.521. The lowest BCUT2D eigenvalue weighted by Crippen LogP contribution is -2.54. The molecule has 1 atom stereocenters. The zero-order chi connectivity index (χ0) is 28.3. The standard InChI is InChI=1S/C33H44FN3O2/c1-8-28(25-11-9-12-25)30-29(19-23(3)26-13-10-14-27(34)20-26)35-16-15-22(2)31(30)37-18-17-36(21-24(37)4)32(38)39-33(5,6)7/h8,10,13-15,20,24-25H,3,9,11-12,16-19,21H2,1-2,4-7H3/b28-8-/t24-/m0/s1. The average molecular weight is 534 g/mol. The summed E-state index contributed by atoms with van der Waals surface area (Å²) in [6.07, 6.45) is 8.37. The van der Waals surface area contributed by atoms with E-state index >= 15 is 0 Å². The molecule has 1 saturated carbocycles. The zero-order valence-corrected chi connectivity index (χ0v) is 24.5. The topological polar surface area (TPSA) is 45.1 Å². The summed E-state index contributed by atoms with van der Waals surface area (Å²) in [6.45, 7) is 19.0. The number of allylic oxidation sites excluding steroid dienone is 5. The molecule has 0 bridgehead atoms. The Kier molecular flexibility index (Phi) is 8.83. The van der Waals surface area contributed by atoms with E-state index in [1.807, 2.05) is 31.7 Å². The molecule has 0 radical (unpaired) electrons. The van der Waals surface area contributed by atoms with Crippen molar-refractivity contribution >= 4 is 17.4 Å². The van der Waals surface area contributed by atoms with Crippen molar-refractivity contribution in [2.45, 2.75) is 78.9 Å². The number of amides is 1. The summed E-state index contributed by atoms with van der Waals surface area (Å²) in [4.78, 5) is 22.2. The number of carbonyl (C=O) groups is 1. The maximum atomic E-state index is 14.0. The molecule has 3 aliphatic rings. The van der Waals surface area contributed by atoms with Crippen molar-refractivity contribution in [3.05, 3.63) is 76.8 Å². The van der Waals surface area contributed by atoms with Crippen LogP contribution >= 0.6 is 0 Å². The number of nitrogens with zero attached hydrogens (tertiary/aromatic N) is 3. The number of hydrogen-bond donors (Lipinski definition) is 0. The third kappa shape index (κ3) is 6.71. The van der Waals surface area contributed by atoms with Crippen molar-refractivity contribution in [3.8, 4) is 0 Å². The number of ether oxygens (including phenoxy) is 1. The normalized spacial score (nSPS) is 21.2. The van der Waals surface area contributed by atoms with Crippen LogP contribution in [0.5, 0.6) is 0 Å². The molecule has 1 aromatic rings. The van der Waals surface area contributed by atoms with Gasteiger partial charge >= 0.3 is 6.09 Å². The van der Waals surface area contributed by atoms with Crippen molar-refractivity contribution in [2.24, 2.45) is 10.9 Å². The fourth-order valence-corrected chi connectivity index (χ4v) is 5.72. The van der Waals surface area contributed by atoms with Gasteiger partial charge in [0.25, 0.3) is 0 Å². The Morgan fingerprint density at radius 2 is 2.00 bits per heavy atom. The molecule has 1 aromatic carbocycles. The third-order valence-electron chi connectivity index (χ3n) is 7.90. The molecule has 1 saturated heterocycles. The smallest absolute Gasteiger partial charge is 0.410 e. The Labute approximate surface area is 233 Å². The highest BCUT2D eigenvalue weighted by atomic mass is 19.1. The molecule has 1 amide bonds. The van der Waals surface area contributed by atoms with E-state index in [-0.39, 0.29) is 18.0 Å². The van der Waals surface area contributed by atoms with Gasteiger partial charge in [-0.05, 0) is 94.7 Å². The summed E-state index contributed by atoms with van der Waals surface area (Å²) in [6, 6.07) is 6.76. The van der Waals surface area contributed by atoms with E-state index in [1.54, 1.807) is 12.1 Å². The number of halogens is 1. The predicted octanol–water partition coefficient (Wildman–Crippen LogP) is 7.57. The summed E-state index contributed by atoms with van der Waals surface area (Å²) in [5, 5.41) is 0. The van der Waals surface area contributed by atoms with Crippen LogP contribution in [0.25, 0.3) is 5.57 Å². The Hall–Kier alpha value is -3.15. The van der Waals surface area contributed by atoms with Gasteiger partial charge in [-0.2, -0.15) is 0 Å². The first-order chi connectivity index (χ1) is 18.5. The number of aliphatic imine (C=N–C) groups is 1. The van der Waals surface area contributed by atoms with Crippen LogP contribution in [0.3, 0.4) is 0 Å². The molecule has 2 heterocycles. The maximum Gasteiger partial charge on any atom is 0.410 e. The second kappa shape index (κ2) is 11.9. The highest BCUT2D eigenvalue weighted by molar-refractivity contribution is 6.10. The number of hydrogen-bond acceptors (Lipinski definition) is 4. The van der Waals surface area contributed by atoms with Gasteiger partial charge in [-0.3, -0.25) is 4.99 Å². The Morgan fingerprint density at radius 3 is 2.59 bits per heavy atom. The first-order valence-electron chi connectivity index (χ1n) is 14.3. The van der Waals surface area contributed by atoms with Gasteiger partial charge in [0.15, 0.2) is 0 Å². The van der Waals surface area contributed by atoms with Crippen molar-refractivity contribution in [1.82, 2.24) is 9.80 Å². The first-order valence-corrected chi connectivity index (χ1v) is 14.3. The molecule has 1 aliphatic carbocycles. The lowest BCUT2D eigenvalue weighted by molar-refractivity contribution is 0.0103. The molecule has 2 aliphatic heterocycles. The van der Waals surface area contributed by atoms with E-state index in [0.29, 0.717) is 38.5 Å². The van der Waals surface area contributed by atoms with Crippen molar-refractivity contribution < 1.29 is 13.9 Å². The van der Waals surface area contributed by atoms with Gasteiger partial charge in [-0.1, -0.05) is 37.3 Å². The SMILES string of the molecule is C=C(CC1=NCC=C(C)C(N2CCN(C(=O)OC(C)(C)C)C[C@@H]2C)=C1/C(=C\C)C1CCC1)c1cccc(F)c1. The molecular formula is C33H44FN3O2. The monoisotopic (exact) mass is 533 g/mol. The van der Waals surface area contributed by atoms with Crippen LogP contribution in [0.4, 0.5) is 9.18 Å². The molecule has 4 rings (SSSR count). The zero-order valence-electron chi connectivity index (χ0n) is 24.5. The second-order valence-electron chi connectivity index (χ2n) is 12.0. The first kappa shape index (κ1) is 28.8. The summed E-state index contributed by atoms with van der Waals surface area (Å²) in [7, 11) is 0. The van der Waals surface area contributed by atoms with E-state index in [2.05, 4.69) is 44.4 Å². The van der Waals surface area contributed by atoms with Crippen LogP contribution < -0.4 is 0 Å². The summed E-state index contributed by atoms with van der Waals surface area (Å²) < 4.78 is 19.7. The highest BCUT2D eigenvalue weighted by Gasteiger charge is 2.36. The molecule has 0 unspecified atom stereocenters. The third-order valence-corrected chi connectivity index (χ3v) is 7.90. The van der Waals surface area contributed by atoms with E-state index in [0.717, 1.165) is 16.8 Å². The second-order valence-corrected chi connectivity index (χ2v) is 12.0. The predicted molar refractivity (Wildman–Crippen MR) is 158 cm³/mol. The van der Waals surface area contributed by atoms with E-state index in [1.165, 1.54) is 47.7 Å². The number of carbonyl (C=O) groups excluding carboxylic acids is 1. The van der Waals surface area contributed by atoms with E-state index in [9.17, 15) is 9.18 Å².